The number of nitrogens with zero attached hydrogens (tertiary/aromatic N) is 1. The molecule has 8 nitrogen and oxygen atoms in total. The first-order chi connectivity index (χ1) is 15.2. The van der Waals surface area contributed by atoms with E-state index in [-0.39, 0.29) is 10.5 Å². The zero-order valence-electron chi connectivity index (χ0n) is 17.8. The molecule has 2 aromatic carbocycles. The highest BCUT2D eigenvalue weighted by Crippen LogP contribution is 2.27. The van der Waals surface area contributed by atoms with E-state index in [9.17, 15) is 18.0 Å². The number of anilines is 1. The lowest BCUT2D eigenvalue weighted by atomic mass is 10.0. The molecule has 0 aliphatic carbocycles. The minimum absolute atomic E-state index is 0.120. The van der Waals surface area contributed by atoms with Crippen LogP contribution in [0.3, 0.4) is 0 Å². The molecule has 172 valence electrons. The zero-order valence-corrected chi connectivity index (χ0v) is 19.4. The number of benzene rings is 2. The summed E-state index contributed by atoms with van der Waals surface area (Å²) in [5.41, 5.74) is 0.493. The first kappa shape index (κ1) is 24.0. The molecule has 10 heteroatoms. The number of ether oxygens (including phenoxy) is 2. The number of hydrogen-bond acceptors (Lipinski definition) is 6. The summed E-state index contributed by atoms with van der Waals surface area (Å²) in [6.45, 7) is 2.55. The van der Waals surface area contributed by atoms with E-state index in [0.29, 0.717) is 35.5 Å². The Hall–Kier alpha value is -2.62. The van der Waals surface area contributed by atoms with Crippen molar-refractivity contribution in [1.29, 1.82) is 0 Å². The lowest BCUT2D eigenvalue weighted by Gasteiger charge is -2.29. The Bertz CT molecular complexity index is 1080. The Balaban J connectivity index is 1.58. The topological polar surface area (TPSA) is 102 Å². The summed E-state index contributed by atoms with van der Waals surface area (Å²) < 4.78 is 37.2. The zero-order chi connectivity index (χ0) is 23.3. The Kier molecular flexibility index (Phi) is 7.76. The first-order valence-corrected chi connectivity index (χ1v) is 11.9. The number of piperidine rings is 1. The van der Waals surface area contributed by atoms with Crippen molar-refractivity contribution in [3.05, 3.63) is 53.1 Å². The smallest absolute Gasteiger partial charge is 0.338 e. The fourth-order valence-corrected chi connectivity index (χ4v) is 4.96. The van der Waals surface area contributed by atoms with Crippen LogP contribution in [0.15, 0.2) is 47.4 Å². The van der Waals surface area contributed by atoms with Crippen molar-refractivity contribution in [1.82, 2.24) is 4.31 Å². The number of methoxy groups -OCH3 is 1. The van der Waals surface area contributed by atoms with E-state index in [1.807, 2.05) is 0 Å². The fourth-order valence-electron chi connectivity index (χ4n) is 3.32. The summed E-state index contributed by atoms with van der Waals surface area (Å²) >= 11 is 5.93. The molecule has 0 unspecified atom stereocenters. The molecule has 3 rings (SSSR count). The monoisotopic (exact) mass is 480 g/mol. The summed E-state index contributed by atoms with van der Waals surface area (Å²) in [4.78, 5) is 24.5. The van der Waals surface area contributed by atoms with Crippen molar-refractivity contribution in [3.63, 3.8) is 0 Å². The normalized spacial score (nSPS) is 15.2. The van der Waals surface area contributed by atoms with Gasteiger partial charge in [0, 0.05) is 18.1 Å². The van der Waals surface area contributed by atoms with E-state index in [4.69, 9.17) is 21.1 Å². The third kappa shape index (κ3) is 5.79. The average molecular weight is 481 g/mol. The van der Waals surface area contributed by atoms with Crippen LogP contribution in [0.5, 0.6) is 5.75 Å². The molecule has 1 fully saturated rings. The van der Waals surface area contributed by atoms with Crippen LogP contribution in [0.4, 0.5) is 5.69 Å². The highest BCUT2D eigenvalue weighted by Gasteiger charge is 2.28. The summed E-state index contributed by atoms with van der Waals surface area (Å²) in [6, 6.07) is 10.2. The van der Waals surface area contributed by atoms with Crippen molar-refractivity contribution < 1.29 is 27.5 Å². The van der Waals surface area contributed by atoms with Gasteiger partial charge in [0.25, 0.3) is 5.91 Å². The number of halogens is 1. The molecule has 1 aliphatic heterocycles. The van der Waals surface area contributed by atoms with Gasteiger partial charge < -0.3 is 14.8 Å². The Morgan fingerprint density at radius 1 is 1.12 bits per heavy atom. The van der Waals surface area contributed by atoms with E-state index in [1.165, 1.54) is 41.7 Å². The summed E-state index contributed by atoms with van der Waals surface area (Å²) in [5, 5.41) is 2.98. The lowest BCUT2D eigenvalue weighted by Crippen LogP contribution is -2.37. The maximum Gasteiger partial charge on any atom is 0.338 e. The molecule has 1 N–H and O–H groups in total. The molecule has 1 amide bonds. The molecule has 1 heterocycles. The van der Waals surface area contributed by atoms with E-state index >= 15 is 0 Å². The third-order valence-corrected chi connectivity index (χ3v) is 7.39. The van der Waals surface area contributed by atoms with Gasteiger partial charge in [-0.25, -0.2) is 13.2 Å². The molecule has 2 aromatic rings. The molecule has 0 saturated carbocycles. The minimum Gasteiger partial charge on any atom is -0.495 e. The van der Waals surface area contributed by atoms with Gasteiger partial charge in [0.2, 0.25) is 10.0 Å². The highest BCUT2D eigenvalue weighted by atomic mass is 35.5. The van der Waals surface area contributed by atoms with Crippen LogP contribution in [0.25, 0.3) is 0 Å². The van der Waals surface area contributed by atoms with Crippen LogP contribution >= 0.6 is 11.6 Å². The number of nitrogens with one attached hydrogen (secondary N) is 1. The van der Waals surface area contributed by atoms with Crippen LogP contribution in [0.2, 0.25) is 5.02 Å². The van der Waals surface area contributed by atoms with Crippen LogP contribution in [0.1, 0.15) is 30.1 Å². The molecule has 32 heavy (non-hydrogen) atoms. The predicted molar refractivity (Wildman–Crippen MR) is 121 cm³/mol. The summed E-state index contributed by atoms with van der Waals surface area (Å²) in [7, 11) is -2.15. The SMILES string of the molecule is COc1ccc(Cl)cc1NC(=O)COC(=O)c1ccc(S(=O)(=O)N2CCC(C)CC2)cc1. The number of carbonyl (C=O) groups is 2. The summed E-state index contributed by atoms with van der Waals surface area (Å²) in [6.07, 6.45) is 1.65. The predicted octanol–water partition coefficient (Wildman–Crippen LogP) is 3.56. The van der Waals surface area contributed by atoms with Gasteiger partial charge in [-0.2, -0.15) is 4.31 Å². The lowest BCUT2D eigenvalue weighted by molar-refractivity contribution is -0.119. The van der Waals surface area contributed by atoms with E-state index in [0.717, 1.165) is 12.8 Å². The number of rotatable bonds is 7. The van der Waals surface area contributed by atoms with Crippen molar-refractivity contribution in [3.8, 4) is 5.75 Å². The number of hydrogen-bond donors (Lipinski definition) is 1. The van der Waals surface area contributed by atoms with Gasteiger partial charge in [-0.1, -0.05) is 18.5 Å². The molecule has 0 atom stereocenters. The fraction of sp³-hybridized carbons (Fsp3) is 0.364. The van der Waals surface area contributed by atoms with Gasteiger partial charge in [0.05, 0.1) is 23.3 Å². The third-order valence-electron chi connectivity index (χ3n) is 5.24. The van der Waals surface area contributed by atoms with Crippen molar-refractivity contribution >= 4 is 39.2 Å². The van der Waals surface area contributed by atoms with E-state index in [1.54, 1.807) is 12.1 Å². The van der Waals surface area contributed by atoms with Crippen LogP contribution in [-0.2, 0) is 19.6 Å². The standard InChI is InChI=1S/C22H25ClN2O6S/c1-15-9-11-25(12-10-15)32(28,29)18-6-3-16(4-7-18)22(27)31-14-21(26)24-19-13-17(23)5-8-20(19)30-2/h3-8,13,15H,9-12,14H2,1-2H3,(H,24,26). The highest BCUT2D eigenvalue weighted by molar-refractivity contribution is 7.89. The van der Waals surface area contributed by atoms with E-state index < -0.39 is 28.5 Å². The molecule has 0 spiro atoms. The number of carbonyl (C=O) groups excluding carboxylic acids is 2. The molecular weight excluding hydrogens is 456 g/mol. The van der Waals surface area contributed by atoms with Gasteiger partial charge >= 0.3 is 5.97 Å². The molecule has 1 aliphatic rings. The molecule has 0 bridgehead atoms. The van der Waals surface area contributed by atoms with Crippen LogP contribution in [-0.4, -0.2) is 51.4 Å². The molecular formula is C22H25ClN2O6S. The summed E-state index contributed by atoms with van der Waals surface area (Å²) in [5.74, 6) is -0.392. The van der Waals surface area contributed by atoms with Gasteiger partial charge in [-0.15, -0.1) is 0 Å². The number of amides is 1. The second kappa shape index (κ2) is 10.3. The van der Waals surface area contributed by atoms with Crippen LogP contribution in [0, 0.1) is 5.92 Å². The number of esters is 1. The van der Waals surface area contributed by atoms with Crippen molar-refractivity contribution in [2.24, 2.45) is 5.92 Å². The molecule has 1 saturated heterocycles. The van der Waals surface area contributed by atoms with Crippen molar-refractivity contribution in [2.75, 3.05) is 32.1 Å². The number of sulfonamides is 1. The maximum absolute atomic E-state index is 12.8. The minimum atomic E-state index is -3.60. The Morgan fingerprint density at radius 2 is 1.78 bits per heavy atom. The molecule has 0 radical (unpaired) electrons. The van der Waals surface area contributed by atoms with Gasteiger partial charge in [-0.05, 0) is 61.2 Å². The Labute approximate surface area is 192 Å². The Morgan fingerprint density at radius 3 is 2.41 bits per heavy atom. The first-order valence-electron chi connectivity index (χ1n) is 10.1. The average Bonchev–Trinajstić information content (AvgIpc) is 2.78. The van der Waals surface area contributed by atoms with Gasteiger partial charge in [0.1, 0.15) is 5.75 Å². The largest absolute Gasteiger partial charge is 0.495 e. The second-order valence-corrected chi connectivity index (χ2v) is 9.95. The van der Waals surface area contributed by atoms with Crippen LogP contribution < -0.4 is 10.1 Å². The van der Waals surface area contributed by atoms with Crippen molar-refractivity contribution in [2.45, 2.75) is 24.7 Å². The second-order valence-electron chi connectivity index (χ2n) is 7.58. The quantitative estimate of drug-likeness (QED) is 0.608. The maximum atomic E-state index is 12.8. The van der Waals surface area contributed by atoms with Gasteiger partial charge in [-0.3, -0.25) is 4.79 Å². The molecule has 0 aromatic heterocycles. The van der Waals surface area contributed by atoms with E-state index in [2.05, 4.69) is 12.2 Å². The van der Waals surface area contributed by atoms with Gasteiger partial charge in [0.15, 0.2) is 6.61 Å².